The van der Waals surface area contributed by atoms with E-state index in [1.165, 1.54) is 36.1 Å². The Balaban J connectivity index is 1.94. The Kier molecular flexibility index (Phi) is 4.43. The second-order valence-corrected chi connectivity index (χ2v) is 10.5. The van der Waals surface area contributed by atoms with Crippen LogP contribution in [0.4, 0.5) is 5.88 Å². The average molecular weight is 397 g/mol. The summed E-state index contributed by atoms with van der Waals surface area (Å²) >= 11 is 5.84. The van der Waals surface area contributed by atoms with Crippen molar-refractivity contribution in [3.63, 3.8) is 0 Å². The second kappa shape index (κ2) is 6.09. The van der Waals surface area contributed by atoms with Crippen LogP contribution in [0.3, 0.4) is 0 Å². The average Bonchev–Trinajstić information content (AvgIpc) is 3.14. The van der Waals surface area contributed by atoms with Crippen LogP contribution in [-0.4, -0.2) is 30.8 Å². The molecule has 3 rings (SSSR count). The summed E-state index contributed by atoms with van der Waals surface area (Å²) in [4.78, 5) is 14.4. The summed E-state index contributed by atoms with van der Waals surface area (Å²) < 4.78 is 29.9. The first kappa shape index (κ1) is 18.9. The fourth-order valence-corrected chi connectivity index (χ4v) is 4.74. The first-order chi connectivity index (χ1) is 12.0. The summed E-state index contributed by atoms with van der Waals surface area (Å²) in [5, 5.41) is 4.45. The zero-order chi connectivity index (χ0) is 19.3. The number of carbonyl (C=O) groups excluding carboxylic acids is 1. The Morgan fingerprint density at radius 2 is 1.85 bits per heavy atom. The normalized spacial score (nSPS) is 21.4. The molecule has 1 fully saturated rings. The van der Waals surface area contributed by atoms with Gasteiger partial charge in [0.05, 0.1) is 10.6 Å². The van der Waals surface area contributed by atoms with E-state index in [0.29, 0.717) is 10.7 Å². The van der Waals surface area contributed by atoms with Gasteiger partial charge in [-0.3, -0.25) is 9.69 Å². The van der Waals surface area contributed by atoms with Gasteiger partial charge in [-0.05, 0) is 37.6 Å². The minimum absolute atomic E-state index is 0.0764. The van der Waals surface area contributed by atoms with Crippen LogP contribution >= 0.6 is 11.6 Å². The molecule has 0 spiro atoms. The van der Waals surface area contributed by atoms with Crippen LogP contribution in [0, 0.1) is 0 Å². The molecule has 1 aliphatic rings. The number of halogens is 1. The van der Waals surface area contributed by atoms with E-state index in [-0.39, 0.29) is 29.2 Å². The quantitative estimate of drug-likeness (QED) is 0.791. The summed E-state index contributed by atoms with van der Waals surface area (Å²) in [5.74, 6) is -0.237. The fourth-order valence-electron chi connectivity index (χ4n) is 2.90. The number of sulfone groups is 1. The molecule has 0 N–H and O–H groups in total. The maximum Gasteiger partial charge on any atom is 0.251 e. The predicted molar refractivity (Wildman–Crippen MR) is 99.2 cm³/mol. The number of benzene rings is 1. The monoisotopic (exact) mass is 396 g/mol. The molecule has 1 saturated heterocycles. The third-order valence-electron chi connectivity index (χ3n) is 4.76. The zero-order valence-corrected chi connectivity index (χ0v) is 16.7. The number of amides is 1. The number of carbonyl (C=O) groups is 1. The van der Waals surface area contributed by atoms with E-state index in [1.807, 2.05) is 20.8 Å². The lowest BCUT2D eigenvalue weighted by Gasteiger charge is -2.22. The van der Waals surface area contributed by atoms with E-state index in [1.54, 1.807) is 6.07 Å². The second-order valence-electron chi connectivity index (χ2n) is 7.70. The molecule has 2 aromatic rings. The first-order valence-corrected chi connectivity index (χ1v) is 10.1. The van der Waals surface area contributed by atoms with Gasteiger partial charge in [0, 0.05) is 23.0 Å². The summed E-state index contributed by atoms with van der Waals surface area (Å²) in [6, 6.07) is 7.54. The highest BCUT2D eigenvalue weighted by atomic mass is 35.5. The van der Waals surface area contributed by atoms with Crippen molar-refractivity contribution < 1.29 is 17.7 Å². The third kappa shape index (κ3) is 2.93. The molecule has 1 aromatic heterocycles. The Labute approximate surface area is 158 Å². The molecule has 1 atom stereocenters. The smallest absolute Gasteiger partial charge is 0.251 e. The van der Waals surface area contributed by atoms with Gasteiger partial charge < -0.3 is 4.52 Å². The molecule has 140 valence electrons. The first-order valence-electron chi connectivity index (χ1n) is 8.26. The van der Waals surface area contributed by atoms with Gasteiger partial charge in [-0.25, -0.2) is 8.42 Å². The number of hydrogen-bond donors (Lipinski definition) is 0. The van der Waals surface area contributed by atoms with Crippen molar-refractivity contribution in [2.24, 2.45) is 0 Å². The van der Waals surface area contributed by atoms with Crippen molar-refractivity contribution in [1.82, 2.24) is 5.16 Å². The minimum atomic E-state index is -3.88. The zero-order valence-electron chi connectivity index (χ0n) is 15.1. The van der Waals surface area contributed by atoms with Crippen molar-refractivity contribution in [3.05, 3.63) is 41.0 Å². The lowest BCUT2D eigenvalue weighted by Crippen LogP contribution is -2.44. The van der Waals surface area contributed by atoms with Gasteiger partial charge in [-0.2, -0.15) is 0 Å². The van der Waals surface area contributed by atoms with Crippen molar-refractivity contribution in [1.29, 1.82) is 0 Å². The van der Waals surface area contributed by atoms with Crippen molar-refractivity contribution in [3.8, 4) is 0 Å². The van der Waals surface area contributed by atoms with Gasteiger partial charge >= 0.3 is 0 Å². The maximum absolute atomic E-state index is 13.1. The fraction of sp³-hybridized carbons (Fsp3) is 0.444. The van der Waals surface area contributed by atoms with Gasteiger partial charge in [-0.15, -0.1) is 0 Å². The molecule has 0 bridgehead atoms. The molecule has 1 aliphatic heterocycles. The molecule has 0 radical (unpaired) electrons. The molecular weight excluding hydrogens is 376 g/mol. The number of hydrogen-bond acceptors (Lipinski definition) is 5. The van der Waals surface area contributed by atoms with E-state index in [2.05, 4.69) is 5.16 Å². The summed E-state index contributed by atoms with van der Waals surface area (Å²) in [5.41, 5.74) is 0.470. The molecule has 6 nitrogen and oxygen atoms in total. The van der Waals surface area contributed by atoms with Gasteiger partial charge in [0.25, 0.3) is 5.91 Å². The van der Waals surface area contributed by atoms with Gasteiger partial charge in [0.2, 0.25) is 5.88 Å². The van der Waals surface area contributed by atoms with Crippen LogP contribution in [0.2, 0.25) is 5.02 Å². The molecular formula is C18H21ClN2O4S. The highest BCUT2D eigenvalue weighted by Crippen LogP contribution is 2.38. The van der Waals surface area contributed by atoms with Crippen molar-refractivity contribution in [2.45, 2.75) is 49.2 Å². The van der Waals surface area contributed by atoms with Crippen LogP contribution in [0.25, 0.3) is 0 Å². The van der Waals surface area contributed by atoms with Gasteiger partial charge in [-0.1, -0.05) is 37.5 Å². The molecule has 2 heterocycles. The molecule has 1 aromatic carbocycles. The molecule has 26 heavy (non-hydrogen) atoms. The van der Waals surface area contributed by atoms with Crippen LogP contribution in [0.15, 0.2) is 39.8 Å². The van der Waals surface area contributed by atoms with E-state index in [9.17, 15) is 13.2 Å². The van der Waals surface area contributed by atoms with Crippen LogP contribution in [-0.2, 0) is 20.0 Å². The van der Waals surface area contributed by atoms with Gasteiger partial charge in [0.1, 0.15) is 0 Å². The van der Waals surface area contributed by atoms with Crippen LogP contribution in [0.1, 0.15) is 39.8 Å². The summed E-state index contributed by atoms with van der Waals surface area (Å²) in [6.45, 7) is 7.65. The highest BCUT2D eigenvalue weighted by molar-refractivity contribution is 7.93. The topological polar surface area (TPSA) is 80.5 Å². The van der Waals surface area contributed by atoms with E-state index < -0.39 is 20.5 Å². The Morgan fingerprint density at radius 1 is 1.23 bits per heavy atom. The lowest BCUT2D eigenvalue weighted by atomic mass is 9.92. The maximum atomic E-state index is 13.1. The largest absolute Gasteiger partial charge is 0.338 e. The molecule has 0 aliphatic carbocycles. The molecule has 0 unspecified atom stereocenters. The minimum Gasteiger partial charge on any atom is -0.338 e. The standard InChI is InChI=1S/C18H21ClN2O4S/c1-17(2,3)14-11-15(25-20-14)21-10-9-18(4,16(21)22)26(23,24)13-7-5-12(19)6-8-13/h5-8,11H,9-10H2,1-4H3/t18-/m0/s1. The highest BCUT2D eigenvalue weighted by Gasteiger charge is 2.54. The number of nitrogens with zero attached hydrogens (tertiary/aromatic N) is 2. The predicted octanol–water partition coefficient (Wildman–Crippen LogP) is 3.59. The van der Waals surface area contributed by atoms with E-state index in [4.69, 9.17) is 16.1 Å². The van der Waals surface area contributed by atoms with E-state index in [0.717, 1.165) is 0 Å². The van der Waals surface area contributed by atoms with Crippen molar-refractivity contribution in [2.75, 3.05) is 11.4 Å². The van der Waals surface area contributed by atoms with Crippen LogP contribution in [0.5, 0.6) is 0 Å². The number of aromatic nitrogens is 1. The Morgan fingerprint density at radius 3 is 2.38 bits per heavy atom. The number of rotatable bonds is 3. The Hall–Kier alpha value is -1.86. The SMILES string of the molecule is CC(C)(C)c1cc(N2CC[C@](C)(S(=O)(=O)c3ccc(Cl)cc3)C2=O)on1. The third-order valence-corrected chi connectivity index (χ3v) is 7.47. The summed E-state index contributed by atoms with van der Waals surface area (Å²) in [7, 11) is -3.88. The molecule has 0 saturated carbocycles. The van der Waals surface area contributed by atoms with Crippen molar-refractivity contribution >= 4 is 33.2 Å². The molecule has 1 amide bonds. The van der Waals surface area contributed by atoms with Gasteiger partial charge in [0.15, 0.2) is 14.6 Å². The summed E-state index contributed by atoms with van der Waals surface area (Å²) in [6.07, 6.45) is 0.169. The number of anilines is 1. The molecule has 8 heteroatoms. The van der Waals surface area contributed by atoms with Crippen LogP contribution < -0.4 is 4.90 Å². The lowest BCUT2D eigenvalue weighted by molar-refractivity contribution is -0.119. The van der Waals surface area contributed by atoms with E-state index >= 15 is 0 Å². The Bertz CT molecular complexity index is 944.